The van der Waals surface area contributed by atoms with Crippen molar-refractivity contribution >= 4 is 49.0 Å². The van der Waals surface area contributed by atoms with Crippen molar-refractivity contribution in [3.05, 3.63) is 71.5 Å². The Balaban J connectivity index is 1.26. The van der Waals surface area contributed by atoms with Gasteiger partial charge in [0.15, 0.2) is 0 Å². The fourth-order valence-corrected chi connectivity index (χ4v) is 7.09. The summed E-state index contributed by atoms with van der Waals surface area (Å²) in [7, 11) is -3.68. The van der Waals surface area contributed by atoms with Crippen LogP contribution < -0.4 is 0 Å². The third-order valence-corrected chi connectivity index (χ3v) is 9.42. The lowest BCUT2D eigenvalue weighted by Crippen LogP contribution is -2.50. The fraction of sp³-hybridized carbons (Fsp3) is 0.217. The van der Waals surface area contributed by atoms with Crippen molar-refractivity contribution < 1.29 is 18.3 Å². The molecule has 3 aromatic heterocycles. The highest BCUT2D eigenvalue weighted by molar-refractivity contribution is 7.91. The van der Waals surface area contributed by atoms with Gasteiger partial charge in [-0.15, -0.1) is 11.3 Å². The third-order valence-electron chi connectivity index (χ3n) is 5.73. The van der Waals surface area contributed by atoms with Gasteiger partial charge in [-0.05, 0) is 41.3 Å². The zero-order chi connectivity index (χ0) is 24.6. The summed E-state index contributed by atoms with van der Waals surface area (Å²) in [6.07, 6.45) is 4.68. The summed E-state index contributed by atoms with van der Waals surface area (Å²) in [6.45, 7) is 0.669. The highest BCUT2D eigenvalue weighted by atomic mass is 35.5. The lowest BCUT2D eigenvalue weighted by Gasteiger charge is -2.33. The van der Waals surface area contributed by atoms with Crippen LogP contribution in [0.15, 0.2) is 59.2 Å². The first-order chi connectivity index (χ1) is 16.8. The number of benzene rings is 1. The third kappa shape index (κ3) is 4.78. The van der Waals surface area contributed by atoms with Crippen molar-refractivity contribution in [3.63, 3.8) is 0 Å². The summed E-state index contributed by atoms with van der Waals surface area (Å²) in [4.78, 5) is 26.9. The molecule has 1 saturated heterocycles. The van der Waals surface area contributed by atoms with E-state index >= 15 is 0 Å². The first kappa shape index (κ1) is 23.8. The minimum atomic E-state index is -3.68. The van der Waals surface area contributed by atoms with E-state index in [9.17, 15) is 18.3 Å². The lowest BCUT2D eigenvalue weighted by atomic mass is 10.1. The second kappa shape index (κ2) is 9.59. The van der Waals surface area contributed by atoms with Gasteiger partial charge in [-0.25, -0.2) is 18.4 Å². The van der Waals surface area contributed by atoms with Gasteiger partial charge in [0, 0.05) is 60.1 Å². The van der Waals surface area contributed by atoms with E-state index in [0.29, 0.717) is 16.3 Å². The Morgan fingerprint density at radius 2 is 1.74 bits per heavy atom. The van der Waals surface area contributed by atoms with Crippen LogP contribution in [0.25, 0.3) is 21.2 Å². The van der Waals surface area contributed by atoms with Crippen LogP contribution in [0.1, 0.15) is 16.3 Å². The maximum absolute atomic E-state index is 13.2. The number of nitrogens with zero attached hydrogens (tertiary/aromatic N) is 5. The Morgan fingerprint density at radius 1 is 1.00 bits per heavy atom. The van der Waals surface area contributed by atoms with E-state index in [-0.39, 0.29) is 48.7 Å². The minimum Gasteiger partial charge on any atom is -0.390 e. The van der Waals surface area contributed by atoms with Crippen molar-refractivity contribution in [1.29, 1.82) is 0 Å². The molecule has 1 N–H and O–H groups in total. The number of aliphatic hydroxyl groups excluding tert-OH is 1. The Hall–Kier alpha value is -2.96. The Kier molecular flexibility index (Phi) is 6.51. The minimum absolute atomic E-state index is 0.0443. The van der Waals surface area contributed by atoms with E-state index < -0.39 is 10.0 Å². The smallest absolute Gasteiger partial charge is 0.291 e. The number of thiophene rings is 1. The van der Waals surface area contributed by atoms with Gasteiger partial charge in [0.05, 0.1) is 12.3 Å². The Labute approximate surface area is 210 Å². The maximum Gasteiger partial charge on any atom is 0.291 e. The molecule has 9 nitrogen and oxygen atoms in total. The van der Waals surface area contributed by atoms with Crippen molar-refractivity contribution in [2.75, 3.05) is 26.2 Å². The summed E-state index contributed by atoms with van der Waals surface area (Å²) in [5.41, 5.74) is 2.00. The van der Waals surface area contributed by atoms with Crippen LogP contribution in [0.2, 0.25) is 5.02 Å². The number of aromatic nitrogens is 3. The van der Waals surface area contributed by atoms with E-state index in [0.717, 1.165) is 15.6 Å². The molecule has 1 amide bonds. The molecule has 1 aliphatic heterocycles. The molecule has 180 valence electrons. The maximum atomic E-state index is 13.2. The molecule has 1 aromatic carbocycles. The van der Waals surface area contributed by atoms with Crippen LogP contribution >= 0.6 is 22.9 Å². The molecular weight excluding hydrogens is 510 g/mol. The number of carbonyl (C=O) groups is 1. The lowest BCUT2D eigenvalue weighted by molar-refractivity contribution is 0.0685. The Morgan fingerprint density at radius 3 is 2.46 bits per heavy atom. The van der Waals surface area contributed by atoms with Crippen molar-refractivity contribution in [2.45, 2.75) is 10.8 Å². The molecule has 0 saturated carbocycles. The number of carbonyl (C=O) groups excluding carboxylic acids is 1. The van der Waals surface area contributed by atoms with Crippen molar-refractivity contribution in [1.82, 2.24) is 24.2 Å². The quantitative estimate of drug-likeness (QED) is 0.422. The average Bonchev–Trinajstić information content (AvgIpc) is 3.33. The van der Waals surface area contributed by atoms with E-state index in [2.05, 4.69) is 15.0 Å². The van der Waals surface area contributed by atoms with Gasteiger partial charge in [-0.3, -0.25) is 9.78 Å². The molecule has 0 radical (unpaired) electrons. The summed E-state index contributed by atoms with van der Waals surface area (Å²) in [5.74, 6) is -0.307. The largest absolute Gasteiger partial charge is 0.390 e. The van der Waals surface area contributed by atoms with E-state index in [1.807, 2.05) is 0 Å². The number of amides is 1. The standard InChI is InChI=1S/C23H20ClN5O4S2/c24-18-2-1-16-10-21(34-20(16)11-18)35(32,33)29-7-5-28(6-8-29)23(31)22-26-12-17(13-27-22)15-3-4-25-19(9-15)14-30/h1-4,9-13,30H,5-8,14H2. The number of rotatable bonds is 5. The second-order valence-corrected chi connectivity index (χ2v) is 11.6. The number of halogens is 1. The van der Waals surface area contributed by atoms with Gasteiger partial charge in [0.2, 0.25) is 5.82 Å². The Bertz CT molecular complexity index is 1500. The van der Waals surface area contributed by atoms with Crippen LogP contribution in [0, 0.1) is 0 Å². The van der Waals surface area contributed by atoms with Crippen molar-refractivity contribution in [2.24, 2.45) is 0 Å². The van der Waals surface area contributed by atoms with E-state index in [1.54, 1.807) is 59.9 Å². The highest BCUT2D eigenvalue weighted by Gasteiger charge is 2.32. The van der Waals surface area contributed by atoms with Crippen molar-refractivity contribution in [3.8, 4) is 11.1 Å². The topological polar surface area (TPSA) is 117 Å². The summed E-state index contributed by atoms with van der Waals surface area (Å²) in [5, 5.41) is 10.6. The zero-order valence-corrected chi connectivity index (χ0v) is 20.7. The molecule has 4 aromatic rings. The first-order valence-electron chi connectivity index (χ1n) is 10.7. The molecule has 5 rings (SSSR count). The normalized spacial score (nSPS) is 15.0. The van der Waals surface area contributed by atoms with Crippen LogP contribution in [0.4, 0.5) is 0 Å². The second-order valence-electron chi connectivity index (χ2n) is 7.93. The highest BCUT2D eigenvalue weighted by Crippen LogP contribution is 2.33. The molecule has 0 aliphatic carbocycles. The summed E-state index contributed by atoms with van der Waals surface area (Å²) in [6, 6.07) is 10.4. The molecule has 0 unspecified atom stereocenters. The van der Waals surface area contributed by atoms with Crippen LogP contribution in [-0.4, -0.2) is 69.8 Å². The number of aliphatic hydroxyl groups is 1. The van der Waals surface area contributed by atoms with Gasteiger partial charge in [-0.2, -0.15) is 4.31 Å². The van der Waals surface area contributed by atoms with Crippen LogP contribution in [-0.2, 0) is 16.6 Å². The monoisotopic (exact) mass is 529 g/mol. The van der Waals surface area contributed by atoms with E-state index in [4.69, 9.17) is 11.6 Å². The number of pyridine rings is 1. The van der Waals surface area contributed by atoms with Gasteiger partial charge in [-0.1, -0.05) is 17.7 Å². The van der Waals surface area contributed by atoms with Gasteiger partial charge in [0.25, 0.3) is 15.9 Å². The molecule has 1 aliphatic rings. The summed E-state index contributed by atoms with van der Waals surface area (Å²) >= 11 is 7.21. The number of hydrogen-bond donors (Lipinski definition) is 1. The van der Waals surface area contributed by atoms with Gasteiger partial charge < -0.3 is 10.0 Å². The van der Waals surface area contributed by atoms with Gasteiger partial charge >= 0.3 is 0 Å². The average molecular weight is 530 g/mol. The molecule has 4 heterocycles. The summed E-state index contributed by atoms with van der Waals surface area (Å²) < 4.78 is 28.8. The fourth-order valence-electron chi connectivity index (χ4n) is 3.84. The number of hydrogen-bond acceptors (Lipinski definition) is 8. The number of fused-ring (bicyclic) bond motifs is 1. The molecule has 12 heteroatoms. The van der Waals surface area contributed by atoms with Crippen LogP contribution in [0.3, 0.4) is 0 Å². The number of piperazine rings is 1. The van der Waals surface area contributed by atoms with E-state index in [1.165, 1.54) is 15.6 Å². The molecule has 0 bridgehead atoms. The molecule has 0 spiro atoms. The predicted molar refractivity (Wildman–Crippen MR) is 133 cm³/mol. The molecule has 35 heavy (non-hydrogen) atoms. The first-order valence-corrected chi connectivity index (χ1v) is 13.4. The van der Waals surface area contributed by atoms with Gasteiger partial charge in [0.1, 0.15) is 4.21 Å². The molecule has 0 atom stereocenters. The SMILES string of the molecule is O=C(c1ncc(-c2ccnc(CO)c2)cn1)N1CCN(S(=O)(=O)c2cc3ccc(Cl)cc3s2)CC1. The predicted octanol–water partition coefficient (Wildman–Crippen LogP) is 3.05. The zero-order valence-electron chi connectivity index (χ0n) is 18.3. The number of sulfonamides is 1. The molecular formula is C23H20ClN5O4S2. The van der Waals surface area contributed by atoms with Crippen LogP contribution in [0.5, 0.6) is 0 Å². The molecule has 1 fully saturated rings.